The smallest absolute Gasteiger partial charge is 0.329 e. The second-order valence-electron chi connectivity index (χ2n) is 13.4. The van der Waals surface area contributed by atoms with Gasteiger partial charge in [0, 0.05) is 16.1 Å². The van der Waals surface area contributed by atoms with Crippen molar-refractivity contribution < 1.29 is 64.7 Å². The van der Waals surface area contributed by atoms with Crippen molar-refractivity contribution in [1.29, 1.82) is 0 Å². The Morgan fingerprint density at radius 3 is 2.35 bits per heavy atom. The quantitative estimate of drug-likeness (QED) is 0.130. The summed E-state index contributed by atoms with van der Waals surface area (Å²) in [5.41, 5.74) is -5.91. The van der Waals surface area contributed by atoms with Crippen LogP contribution in [0.5, 0.6) is 0 Å². The Morgan fingerprint density at radius 1 is 0.961 bits per heavy atom. The van der Waals surface area contributed by atoms with Gasteiger partial charge in [-0.3, -0.25) is 19.6 Å². The van der Waals surface area contributed by atoms with Gasteiger partial charge < -0.3 is 65.7 Å². The first-order valence-corrected chi connectivity index (χ1v) is 16.6. The number of hydrogen-bond donors (Lipinski definition) is 12. The van der Waals surface area contributed by atoms with Crippen molar-refractivity contribution in [2.75, 3.05) is 17.2 Å². The zero-order valence-electron chi connectivity index (χ0n) is 26.3. The SMILES string of the molecule is CC1(O)C2=Nc3c([nH]c(=O)[nH]c3=O)NC(C(=O)OC3C(O)C(O)C(O)C(O)C3OC3OCC(O)C(O)C3O)C2CC12C(=O)Nc1cc(Br)ccc12. The van der Waals surface area contributed by atoms with E-state index in [9.17, 15) is 60.0 Å². The van der Waals surface area contributed by atoms with Crippen molar-refractivity contribution >= 4 is 50.7 Å². The number of aliphatic hydroxyl groups excluding tert-OH is 7. The Balaban J connectivity index is 1.29. The number of rotatable bonds is 4. The third kappa shape index (κ3) is 5.38. The first-order valence-electron chi connectivity index (χ1n) is 15.8. The van der Waals surface area contributed by atoms with Gasteiger partial charge in [-0.15, -0.1) is 0 Å². The Kier molecular flexibility index (Phi) is 8.78. The van der Waals surface area contributed by atoms with Gasteiger partial charge in [-0.2, -0.15) is 0 Å². The van der Waals surface area contributed by atoms with Crippen LogP contribution in [0.15, 0.2) is 37.3 Å². The molecule has 1 spiro atoms. The molecule has 21 heteroatoms. The molecule has 4 heterocycles. The number of aliphatic hydroxyl groups is 8. The number of benzene rings is 1. The molecule has 7 rings (SSSR count). The van der Waals surface area contributed by atoms with E-state index in [-0.39, 0.29) is 18.0 Å². The van der Waals surface area contributed by atoms with E-state index in [2.05, 4.69) is 36.5 Å². The van der Waals surface area contributed by atoms with Crippen LogP contribution in [0.3, 0.4) is 0 Å². The number of aliphatic imine (C=N–C) groups is 1. The lowest BCUT2D eigenvalue weighted by Gasteiger charge is -2.46. The predicted molar refractivity (Wildman–Crippen MR) is 172 cm³/mol. The molecule has 14 unspecified atom stereocenters. The molecule has 1 saturated heterocycles. The van der Waals surface area contributed by atoms with Crippen molar-refractivity contribution in [3.05, 3.63) is 49.1 Å². The number of nitrogens with zero attached hydrogens (tertiary/aromatic N) is 1. The highest BCUT2D eigenvalue weighted by Gasteiger charge is 2.69. The summed E-state index contributed by atoms with van der Waals surface area (Å²) < 4.78 is 17.1. The largest absolute Gasteiger partial charge is 0.455 e. The summed E-state index contributed by atoms with van der Waals surface area (Å²) in [5, 5.41) is 91.1. The van der Waals surface area contributed by atoms with Gasteiger partial charge in [0.15, 0.2) is 18.1 Å². The van der Waals surface area contributed by atoms with E-state index in [1.165, 1.54) is 6.92 Å². The van der Waals surface area contributed by atoms with Crippen molar-refractivity contribution in [2.24, 2.45) is 10.9 Å². The van der Waals surface area contributed by atoms with Crippen LogP contribution in [0.25, 0.3) is 0 Å². The van der Waals surface area contributed by atoms with Gasteiger partial charge >= 0.3 is 11.7 Å². The molecule has 0 bridgehead atoms. The van der Waals surface area contributed by atoms with E-state index in [1.807, 2.05) is 4.98 Å². The second kappa shape index (κ2) is 12.5. The number of nitrogens with one attached hydrogen (secondary N) is 4. The summed E-state index contributed by atoms with van der Waals surface area (Å²) in [6.45, 7) is 0.755. The minimum atomic E-state index is -2.18. The molecule has 1 aromatic carbocycles. The molecule has 2 aliphatic carbocycles. The molecule has 12 N–H and O–H groups in total. The number of carbonyl (C=O) groups is 2. The maximum Gasteiger partial charge on any atom is 0.329 e. The summed E-state index contributed by atoms with van der Waals surface area (Å²) >= 11 is 3.35. The number of halogens is 1. The zero-order chi connectivity index (χ0) is 36.9. The van der Waals surface area contributed by atoms with Crippen LogP contribution >= 0.6 is 15.9 Å². The molecule has 14 atom stereocenters. The van der Waals surface area contributed by atoms with Crippen LogP contribution in [0.2, 0.25) is 0 Å². The molecule has 0 radical (unpaired) electrons. The third-order valence-corrected chi connectivity index (χ3v) is 10.9. The highest BCUT2D eigenvalue weighted by Crippen LogP contribution is 2.57. The van der Waals surface area contributed by atoms with Gasteiger partial charge in [-0.05, 0) is 31.0 Å². The van der Waals surface area contributed by atoms with Crippen molar-refractivity contribution in [1.82, 2.24) is 9.97 Å². The Morgan fingerprint density at radius 2 is 1.65 bits per heavy atom. The number of anilines is 2. The van der Waals surface area contributed by atoms with E-state index in [0.717, 1.165) is 0 Å². The highest BCUT2D eigenvalue weighted by molar-refractivity contribution is 9.10. The molecule has 1 amide bonds. The topological polar surface area (TPSA) is 326 Å². The number of esters is 1. The van der Waals surface area contributed by atoms with E-state index in [1.54, 1.807) is 18.2 Å². The van der Waals surface area contributed by atoms with Gasteiger partial charge in [0.25, 0.3) is 5.56 Å². The molecule has 5 aliphatic rings. The fourth-order valence-electron chi connectivity index (χ4n) is 7.73. The summed E-state index contributed by atoms with van der Waals surface area (Å²) in [4.78, 5) is 62.2. The molecule has 276 valence electrons. The molecule has 3 fully saturated rings. The summed E-state index contributed by atoms with van der Waals surface area (Å²) in [5.74, 6) is -3.58. The highest BCUT2D eigenvalue weighted by atomic mass is 79.9. The first kappa shape index (κ1) is 35.8. The van der Waals surface area contributed by atoms with Crippen LogP contribution in [-0.2, 0) is 29.2 Å². The lowest BCUT2D eigenvalue weighted by atomic mass is 9.70. The van der Waals surface area contributed by atoms with Gasteiger partial charge in [-0.25, -0.2) is 14.6 Å². The summed E-state index contributed by atoms with van der Waals surface area (Å²) in [6.07, 6.45) is -19.7. The minimum absolute atomic E-state index is 0.224. The zero-order valence-corrected chi connectivity index (χ0v) is 27.9. The normalized spacial score (nSPS) is 41.5. The van der Waals surface area contributed by atoms with Crippen LogP contribution in [0.4, 0.5) is 17.2 Å². The molecule has 2 aromatic rings. The summed E-state index contributed by atoms with van der Waals surface area (Å²) in [7, 11) is 0. The lowest BCUT2D eigenvalue weighted by Crippen LogP contribution is -2.67. The number of hydrogen-bond acceptors (Lipinski definition) is 17. The molecule has 20 nitrogen and oxygen atoms in total. The van der Waals surface area contributed by atoms with Crippen LogP contribution in [0.1, 0.15) is 18.9 Å². The van der Waals surface area contributed by atoms with Crippen LogP contribution < -0.4 is 21.9 Å². The van der Waals surface area contributed by atoms with Crippen molar-refractivity contribution in [2.45, 2.75) is 91.6 Å². The van der Waals surface area contributed by atoms with Gasteiger partial charge in [-0.1, -0.05) is 22.0 Å². The first-order chi connectivity index (χ1) is 24.0. The number of aromatic amines is 2. The fourth-order valence-corrected chi connectivity index (χ4v) is 8.09. The maximum absolute atomic E-state index is 14.3. The monoisotopic (exact) mass is 783 g/mol. The van der Waals surface area contributed by atoms with Gasteiger partial charge in [0.05, 0.1) is 12.3 Å². The Hall–Kier alpha value is -3.61. The van der Waals surface area contributed by atoms with E-state index < -0.39 is 120 Å². The molecule has 1 aromatic heterocycles. The number of amides is 1. The van der Waals surface area contributed by atoms with Crippen LogP contribution in [-0.4, -0.2) is 148 Å². The minimum Gasteiger partial charge on any atom is -0.455 e. The molecule has 3 aliphatic heterocycles. The van der Waals surface area contributed by atoms with Gasteiger partial charge in [0.2, 0.25) is 5.91 Å². The van der Waals surface area contributed by atoms with Crippen molar-refractivity contribution in [3.63, 3.8) is 0 Å². The molecule has 2 saturated carbocycles. The number of fused-ring (bicyclic) bond motifs is 4. The summed E-state index contributed by atoms with van der Waals surface area (Å²) in [6, 6.07) is 3.15. The van der Waals surface area contributed by atoms with Gasteiger partial charge in [0.1, 0.15) is 71.7 Å². The number of aromatic nitrogens is 2. The number of carbonyl (C=O) groups excluding carboxylic acids is 2. The standard InChI is InChI=1S/C30H34BrN5O15/c1-29(48)22-8(5-30(29)9-3-2-7(31)4-10(9)32-27(30)46)12(34-23-13(33-22)24(44)36-28(47)35-23)25(45)50-20-17(41)15(39)16(40)18(42)21(20)51-26-19(43)14(38)11(37)6-49-26/h2-4,8,11-12,14-21,26,37-43,48H,5-6H2,1H3,(H,32,46)(H3,34,35,36,44,47). The van der Waals surface area contributed by atoms with Crippen LogP contribution in [0, 0.1) is 5.92 Å². The van der Waals surface area contributed by atoms with Crippen molar-refractivity contribution in [3.8, 4) is 0 Å². The molecule has 51 heavy (non-hydrogen) atoms. The average molecular weight is 785 g/mol. The Bertz CT molecular complexity index is 1920. The average Bonchev–Trinajstić information content (AvgIpc) is 3.39. The Labute approximate surface area is 293 Å². The van der Waals surface area contributed by atoms with E-state index in [4.69, 9.17) is 14.2 Å². The van der Waals surface area contributed by atoms with E-state index in [0.29, 0.717) is 15.7 Å². The molecular weight excluding hydrogens is 750 g/mol. The fraction of sp³-hybridized carbons (Fsp3) is 0.567. The predicted octanol–water partition coefficient (Wildman–Crippen LogP) is -4.45. The number of ether oxygens (including phenoxy) is 3. The van der Waals surface area contributed by atoms with E-state index >= 15 is 0 Å². The second-order valence-corrected chi connectivity index (χ2v) is 14.3. The third-order valence-electron chi connectivity index (χ3n) is 10.4. The lowest BCUT2D eigenvalue weighted by molar-refractivity contribution is -0.322. The number of H-pyrrole nitrogens is 2. The maximum atomic E-state index is 14.3. The molecular formula is C30H34BrN5O15.